The Bertz CT molecular complexity index is 1150. The molecule has 5 N–H and O–H groups in total. The minimum atomic E-state index is -2.54. The van der Waals surface area contributed by atoms with E-state index in [1.165, 1.54) is 10.6 Å². The maximum Gasteiger partial charge on any atom is 0.256 e. The SMILES string of the molecule is Cc1nc2ccc(-c3cc(O)n4nc(N)nc(N)c34)nc2n1CC(F)F. The number of anilines is 2. The predicted molar refractivity (Wildman–Crippen MR) is 90.7 cm³/mol. The summed E-state index contributed by atoms with van der Waals surface area (Å²) in [6.45, 7) is 1.13. The number of hydrogen-bond acceptors (Lipinski definition) is 7. The van der Waals surface area contributed by atoms with Crippen LogP contribution in [0, 0.1) is 6.92 Å². The van der Waals surface area contributed by atoms with Crippen LogP contribution in [0.25, 0.3) is 27.9 Å². The largest absolute Gasteiger partial charge is 0.493 e. The van der Waals surface area contributed by atoms with Gasteiger partial charge in [-0.15, -0.1) is 5.10 Å². The monoisotopic (exact) mass is 360 g/mol. The van der Waals surface area contributed by atoms with Crippen LogP contribution < -0.4 is 11.5 Å². The van der Waals surface area contributed by atoms with Crippen LogP contribution in [0.2, 0.25) is 0 Å². The number of imidazole rings is 1. The molecule has 0 aliphatic heterocycles. The molecule has 0 fully saturated rings. The molecule has 0 radical (unpaired) electrons. The van der Waals surface area contributed by atoms with Crippen LogP contribution in [0.1, 0.15) is 5.82 Å². The molecule has 11 heteroatoms. The third-order valence-electron chi connectivity index (χ3n) is 4.02. The lowest BCUT2D eigenvalue weighted by Gasteiger charge is -2.06. The predicted octanol–water partition coefficient (Wildman–Crippen LogP) is 1.58. The van der Waals surface area contributed by atoms with Crippen molar-refractivity contribution in [2.24, 2.45) is 0 Å². The topological polar surface area (TPSA) is 133 Å². The van der Waals surface area contributed by atoms with Gasteiger partial charge in [0.25, 0.3) is 6.43 Å². The first-order chi connectivity index (χ1) is 12.3. The number of pyridine rings is 1. The van der Waals surface area contributed by atoms with Crippen LogP contribution in [0.3, 0.4) is 0 Å². The molecule has 9 nitrogen and oxygen atoms in total. The number of aryl methyl sites for hydroxylation is 1. The van der Waals surface area contributed by atoms with Gasteiger partial charge in [-0.25, -0.2) is 18.7 Å². The van der Waals surface area contributed by atoms with Gasteiger partial charge in [-0.1, -0.05) is 0 Å². The van der Waals surface area contributed by atoms with E-state index < -0.39 is 13.0 Å². The number of aromatic hydroxyl groups is 1. The minimum absolute atomic E-state index is 0.0620. The molecule has 4 aromatic heterocycles. The molecule has 4 heterocycles. The second kappa shape index (κ2) is 5.51. The van der Waals surface area contributed by atoms with Crippen molar-refractivity contribution in [3.05, 3.63) is 24.0 Å². The van der Waals surface area contributed by atoms with Crippen molar-refractivity contribution in [2.45, 2.75) is 19.9 Å². The lowest BCUT2D eigenvalue weighted by Crippen LogP contribution is -2.09. The van der Waals surface area contributed by atoms with E-state index in [1.54, 1.807) is 19.1 Å². The minimum Gasteiger partial charge on any atom is -0.493 e. The lowest BCUT2D eigenvalue weighted by atomic mass is 10.2. The van der Waals surface area contributed by atoms with Crippen LogP contribution in [0.5, 0.6) is 5.88 Å². The average molecular weight is 360 g/mol. The van der Waals surface area contributed by atoms with Crippen LogP contribution in [-0.2, 0) is 6.54 Å². The molecular weight excluding hydrogens is 346 g/mol. The third-order valence-corrected chi connectivity index (χ3v) is 4.02. The van der Waals surface area contributed by atoms with Gasteiger partial charge in [0.1, 0.15) is 16.9 Å². The number of rotatable bonds is 3. The Labute approximate surface area is 144 Å². The maximum absolute atomic E-state index is 12.9. The molecule has 26 heavy (non-hydrogen) atoms. The van der Waals surface area contributed by atoms with Crippen molar-refractivity contribution in [3.63, 3.8) is 0 Å². The number of hydrogen-bond donors (Lipinski definition) is 3. The van der Waals surface area contributed by atoms with Crippen molar-refractivity contribution in [2.75, 3.05) is 11.5 Å². The summed E-state index contributed by atoms with van der Waals surface area (Å²) in [6, 6.07) is 4.74. The van der Waals surface area contributed by atoms with E-state index in [2.05, 4.69) is 20.1 Å². The van der Waals surface area contributed by atoms with Crippen molar-refractivity contribution in [1.29, 1.82) is 0 Å². The van der Waals surface area contributed by atoms with E-state index in [9.17, 15) is 13.9 Å². The first kappa shape index (κ1) is 16.0. The van der Waals surface area contributed by atoms with E-state index in [0.717, 1.165) is 4.52 Å². The first-order valence-corrected chi connectivity index (χ1v) is 7.61. The van der Waals surface area contributed by atoms with Crippen molar-refractivity contribution in [1.82, 2.24) is 29.1 Å². The summed E-state index contributed by atoms with van der Waals surface area (Å²) >= 11 is 0. The summed E-state index contributed by atoms with van der Waals surface area (Å²) in [7, 11) is 0. The smallest absolute Gasteiger partial charge is 0.256 e. The molecule has 0 spiro atoms. The normalized spacial score (nSPS) is 11.8. The van der Waals surface area contributed by atoms with Crippen LogP contribution >= 0.6 is 0 Å². The fourth-order valence-corrected chi connectivity index (χ4v) is 2.95. The number of nitrogens with zero attached hydrogens (tertiary/aromatic N) is 6. The Hall–Kier alpha value is -3.50. The second-order valence-corrected chi connectivity index (χ2v) is 5.73. The Morgan fingerprint density at radius 2 is 1.96 bits per heavy atom. The van der Waals surface area contributed by atoms with Gasteiger partial charge in [0.15, 0.2) is 11.5 Å². The van der Waals surface area contributed by atoms with Crippen molar-refractivity contribution >= 4 is 28.4 Å². The lowest BCUT2D eigenvalue weighted by molar-refractivity contribution is 0.127. The molecule has 0 saturated carbocycles. The fourth-order valence-electron chi connectivity index (χ4n) is 2.95. The summed E-state index contributed by atoms with van der Waals surface area (Å²) < 4.78 is 28.2. The highest BCUT2D eigenvalue weighted by atomic mass is 19.3. The van der Waals surface area contributed by atoms with Crippen LogP contribution in [-0.4, -0.2) is 40.7 Å². The van der Waals surface area contributed by atoms with Gasteiger partial charge in [0.2, 0.25) is 11.8 Å². The number of alkyl halides is 2. The fraction of sp³-hybridized carbons (Fsp3) is 0.200. The number of aromatic nitrogens is 6. The van der Waals surface area contributed by atoms with Crippen LogP contribution in [0.15, 0.2) is 18.2 Å². The zero-order valence-corrected chi connectivity index (χ0v) is 13.6. The zero-order valence-electron chi connectivity index (χ0n) is 13.6. The van der Waals surface area contributed by atoms with E-state index in [0.29, 0.717) is 33.8 Å². The molecule has 4 rings (SSSR count). The van der Waals surface area contributed by atoms with Gasteiger partial charge in [0, 0.05) is 11.6 Å². The zero-order chi connectivity index (χ0) is 18.6. The molecule has 0 aromatic carbocycles. The second-order valence-electron chi connectivity index (χ2n) is 5.73. The first-order valence-electron chi connectivity index (χ1n) is 7.61. The van der Waals surface area contributed by atoms with Crippen molar-refractivity contribution in [3.8, 4) is 17.1 Å². The van der Waals surface area contributed by atoms with Gasteiger partial charge in [0.05, 0.1) is 12.2 Å². The molecule has 4 aromatic rings. The van der Waals surface area contributed by atoms with Gasteiger partial charge in [-0.2, -0.15) is 9.50 Å². The average Bonchev–Trinajstić information content (AvgIpc) is 3.05. The van der Waals surface area contributed by atoms with Gasteiger partial charge >= 0.3 is 0 Å². The number of nitrogens with two attached hydrogens (primary N) is 2. The summed E-state index contributed by atoms with van der Waals surface area (Å²) in [5.74, 6) is 0.202. The molecule has 0 bridgehead atoms. The maximum atomic E-state index is 12.9. The molecule has 0 aliphatic rings. The summed E-state index contributed by atoms with van der Waals surface area (Å²) in [5, 5.41) is 14.0. The van der Waals surface area contributed by atoms with E-state index >= 15 is 0 Å². The van der Waals surface area contributed by atoms with Gasteiger partial charge in [-0.05, 0) is 19.1 Å². The molecule has 0 atom stereocenters. The number of halogens is 2. The standard InChI is InChI=1S/C15H14F2N8O/c1-6-20-9-3-2-8(21-14(9)24(6)5-10(16)17)7-4-11(26)25-12(7)13(18)22-15(19)23-25/h2-4,10,26H,5H2,1H3,(H4,18,19,22,23). The molecule has 0 amide bonds. The molecule has 134 valence electrons. The van der Waals surface area contributed by atoms with E-state index in [4.69, 9.17) is 11.5 Å². The third kappa shape index (κ3) is 2.36. The molecule has 0 saturated heterocycles. The quantitative estimate of drug-likeness (QED) is 0.505. The highest BCUT2D eigenvalue weighted by Gasteiger charge is 2.19. The number of nitrogen functional groups attached to an aromatic ring is 2. The highest BCUT2D eigenvalue weighted by molar-refractivity contribution is 5.89. The van der Waals surface area contributed by atoms with Gasteiger partial charge in [-0.3, -0.25) is 0 Å². The highest BCUT2D eigenvalue weighted by Crippen LogP contribution is 2.33. The summed E-state index contributed by atoms with van der Waals surface area (Å²) in [6.07, 6.45) is -2.54. The van der Waals surface area contributed by atoms with Gasteiger partial charge < -0.3 is 21.1 Å². The molecule has 0 aliphatic carbocycles. The molecular formula is C15H14F2N8O. The summed E-state index contributed by atoms with van der Waals surface area (Å²) in [5.41, 5.74) is 13.4. The molecule has 0 unspecified atom stereocenters. The van der Waals surface area contributed by atoms with Crippen molar-refractivity contribution < 1.29 is 13.9 Å². The Morgan fingerprint density at radius 1 is 1.19 bits per heavy atom. The van der Waals surface area contributed by atoms with E-state index in [1.807, 2.05) is 0 Å². The summed E-state index contributed by atoms with van der Waals surface area (Å²) in [4.78, 5) is 12.6. The Kier molecular flexibility index (Phi) is 3.39. The Balaban J connectivity index is 1.97. The number of fused-ring (bicyclic) bond motifs is 2. The van der Waals surface area contributed by atoms with E-state index in [-0.39, 0.29) is 17.6 Å². The Morgan fingerprint density at radius 3 is 2.69 bits per heavy atom. The van der Waals surface area contributed by atoms with Crippen LogP contribution in [0.4, 0.5) is 20.5 Å².